The molecule has 2 bridgehead atoms. The fourth-order valence-corrected chi connectivity index (χ4v) is 6.34. The molecule has 2 atom stereocenters. The molecule has 7 rings (SSSR count). The molecule has 0 N–H and O–H groups in total. The molecule has 3 aliphatic carbocycles. The van der Waals surface area contributed by atoms with Crippen molar-refractivity contribution in [2.75, 3.05) is 4.90 Å². The number of hydrogen-bond donors (Lipinski definition) is 0. The first-order chi connectivity index (χ1) is 16.9. The molecule has 0 spiro atoms. The van der Waals surface area contributed by atoms with Crippen molar-refractivity contribution in [1.29, 1.82) is 0 Å². The van der Waals surface area contributed by atoms with Gasteiger partial charge in [0.2, 0.25) is 11.8 Å². The second-order valence-corrected chi connectivity index (χ2v) is 9.66. The van der Waals surface area contributed by atoms with Crippen LogP contribution in [-0.2, 0) is 24.5 Å². The number of amides is 2. The normalized spacial score (nSPS) is 25.8. The van der Waals surface area contributed by atoms with Gasteiger partial charge in [-0.05, 0) is 54.3 Å². The minimum atomic E-state index is -1.25. The molecule has 2 amide bonds. The third kappa shape index (κ3) is 2.71. The topological polar surface area (TPSA) is 80.8 Å². The highest BCUT2D eigenvalue weighted by Crippen LogP contribution is 2.63. The molecule has 1 heterocycles. The predicted octanol–water partition coefficient (Wildman–Crippen LogP) is 4.00. The maximum atomic E-state index is 14.0. The smallest absolute Gasteiger partial charge is 0.338 e. The molecule has 0 radical (unpaired) electrons. The van der Waals surface area contributed by atoms with Crippen LogP contribution in [0.4, 0.5) is 5.69 Å². The lowest BCUT2D eigenvalue weighted by Gasteiger charge is -2.51. The molecule has 1 saturated heterocycles. The highest BCUT2D eigenvalue weighted by Gasteiger charge is 2.68. The van der Waals surface area contributed by atoms with Gasteiger partial charge < -0.3 is 9.53 Å². The van der Waals surface area contributed by atoms with Crippen molar-refractivity contribution in [1.82, 2.24) is 0 Å². The fourth-order valence-electron chi connectivity index (χ4n) is 6.34. The Bertz CT molecular complexity index is 1380. The predicted molar refractivity (Wildman–Crippen MR) is 128 cm³/mol. The number of aldehydes is 1. The van der Waals surface area contributed by atoms with Gasteiger partial charge in [-0.3, -0.25) is 9.59 Å². The van der Waals surface area contributed by atoms with Gasteiger partial charge in [0.25, 0.3) is 0 Å². The van der Waals surface area contributed by atoms with Crippen LogP contribution in [0.15, 0.2) is 72.8 Å². The number of nitrogens with zero attached hydrogens (tertiary/aromatic N) is 1. The van der Waals surface area contributed by atoms with E-state index in [1.807, 2.05) is 48.5 Å². The van der Waals surface area contributed by atoms with Crippen molar-refractivity contribution in [3.05, 3.63) is 101 Å². The lowest BCUT2D eigenvalue weighted by atomic mass is 9.48. The third-order valence-corrected chi connectivity index (χ3v) is 7.55. The van der Waals surface area contributed by atoms with Crippen molar-refractivity contribution in [2.45, 2.75) is 31.3 Å². The van der Waals surface area contributed by atoms with E-state index >= 15 is 0 Å². The first-order valence-electron chi connectivity index (χ1n) is 11.7. The van der Waals surface area contributed by atoms with E-state index in [4.69, 9.17) is 4.74 Å². The van der Waals surface area contributed by atoms with Crippen LogP contribution in [0.5, 0.6) is 0 Å². The molecule has 35 heavy (non-hydrogen) atoms. The summed E-state index contributed by atoms with van der Waals surface area (Å²) in [6.07, 6.45) is 0.548. The molecule has 174 valence electrons. The molecule has 1 aliphatic heterocycles. The second kappa shape index (κ2) is 7.47. The molecule has 0 unspecified atom stereocenters. The lowest BCUT2D eigenvalue weighted by Crippen LogP contribution is -2.54. The van der Waals surface area contributed by atoms with E-state index in [-0.39, 0.29) is 23.5 Å². The van der Waals surface area contributed by atoms with E-state index in [9.17, 15) is 19.2 Å². The van der Waals surface area contributed by atoms with Gasteiger partial charge in [0.05, 0.1) is 34.6 Å². The van der Waals surface area contributed by atoms with Crippen LogP contribution in [0.2, 0.25) is 0 Å². The van der Waals surface area contributed by atoms with Crippen molar-refractivity contribution in [3.63, 3.8) is 0 Å². The van der Waals surface area contributed by atoms with Gasteiger partial charge in [-0.25, -0.2) is 9.69 Å². The fraction of sp³-hybridized carbons (Fsp3) is 0.241. The minimum absolute atomic E-state index is 0.256. The van der Waals surface area contributed by atoms with E-state index in [2.05, 4.69) is 0 Å². The van der Waals surface area contributed by atoms with Crippen LogP contribution >= 0.6 is 0 Å². The lowest BCUT2D eigenvalue weighted by molar-refractivity contribution is -0.128. The summed E-state index contributed by atoms with van der Waals surface area (Å²) in [5.74, 6) is -3.19. The summed E-state index contributed by atoms with van der Waals surface area (Å²) >= 11 is 0. The van der Waals surface area contributed by atoms with Crippen LogP contribution in [-0.4, -0.2) is 30.2 Å². The summed E-state index contributed by atoms with van der Waals surface area (Å²) in [7, 11) is 0. The third-order valence-electron chi connectivity index (χ3n) is 7.55. The van der Waals surface area contributed by atoms with Crippen molar-refractivity contribution in [3.8, 4) is 0 Å². The Morgan fingerprint density at radius 2 is 1.54 bits per heavy atom. The van der Waals surface area contributed by atoms with Gasteiger partial charge >= 0.3 is 5.97 Å². The summed E-state index contributed by atoms with van der Waals surface area (Å²) in [5.41, 5.74) is 2.72. The summed E-state index contributed by atoms with van der Waals surface area (Å²) in [5, 5.41) is 0. The SMILES string of the molecule is CC(C)OC(=O)c1cccc(N2C(=O)[C@@H]3[C@@H](C2=O)C2c4ccccc4C3(C=O)c3ccccc32)c1. The molecular weight excluding hydrogens is 442 g/mol. The first kappa shape index (κ1) is 21.5. The largest absolute Gasteiger partial charge is 0.459 e. The molecule has 6 nitrogen and oxygen atoms in total. The van der Waals surface area contributed by atoms with Crippen LogP contribution in [0.3, 0.4) is 0 Å². The molecule has 3 aromatic carbocycles. The van der Waals surface area contributed by atoms with Gasteiger partial charge in [-0.15, -0.1) is 0 Å². The number of benzene rings is 3. The minimum Gasteiger partial charge on any atom is -0.459 e. The highest BCUT2D eigenvalue weighted by atomic mass is 16.5. The summed E-state index contributed by atoms with van der Waals surface area (Å²) in [4.78, 5) is 54.6. The first-order valence-corrected chi connectivity index (χ1v) is 11.7. The number of hydrogen-bond acceptors (Lipinski definition) is 5. The maximum absolute atomic E-state index is 14.0. The van der Waals surface area contributed by atoms with Crippen molar-refractivity contribution in [2.24, 2.45) is 11.8 Å². The Balaban J connectivity index is 1.52. The van der Waals surface area contributed by atoms with Crippen molar-refractivity contribution >= 4 is 29.8 Å². The molecular formula is C29H23NO5. The summed E-state index contributed by atoms with van der Waals surface area (Å²) < 4.78 is 5.29. The molecule has 0 aromatic heterocycles. The number of rotatable bonds is 4. The molecule has 4 aliphatic rings. The zero-order valence-electron chi connectivity index (χ0n) is 19.3. The quantitative estimate of drug-likeness (QED) is 0.331. The Morgan fingerprint density at radius 1 is 0.914 bits per heavy atom. The van der Waals surface area contributed by atoms with E-state index in [0.29, 0.717) is 5.69 Å². The van der Waals surface area contributed by atoms with Gasteiger partial charge in [0.15, 0.2) is 0 Å². The van der Waals surface area contributed by atoms with Crippen molar-refractivity contribution < 1.29 is 23.9 Å². The summed E-state index contributed by atoms with van der Waals surface area (Å²) in [6, 6.07) is 21.6. The molecule has 6 heteroatoms. The zero-order chi connectivity index (χ0) is 24.5. The number of ether oxygens (including phenoxy) is 1. The number of esters is 1. The Kier molecular flexibility index (Phi) is 4.58. The van der Waals surface area contributed by atoms with Gasteiger partial charge in [-0.2, -0.15) is 0 Å². The summed E-state index contributed by atoms with van der Waals surface area (Å²) in [6.45, 7) is 3.51. The average Bonchev–Trinajstić information content (AvgIpc) is 3.14. The monoisotopic (exact) mass is 465 g/mol. The van der Waals surface area contributed by atoms with Gasteiger partial charge in [0.1, 0.15) is 6.29 Å². The Labute approximate surface area is 202 Å². The number of carbonyl (C=O) groups is 4. The van der Waals surface area contributed by atoms with Crippen LogP contribution in [0.25, 0.3) is 0 Å². The molecule has 1 fully saturated rings. The number of carbonyl (C=O) groups excluding carboxylic acids is 4. The Hall–Kier alpha value is -4.06. The van der Waals surface area contributed by atoms with Crippen LogP contribution in [0, 0.1) is 11.8 Å². The molecule has 0 saturated carbocycles. The van der Waals surface area contributed by atoms with Crippen LogP contribution in [0.1, 0.15) is 52.4 Å². The molecule has 3 aromatic rings. The second-order valence-electron chi connectivity index (χ2n) is 9.66. The average molecular weight is 466 g/mol. The van der Waals surface area contributed by atoms with E-state index < -0.39 is 29.1 Å². The standard InChI is InChI=1S/C29H23NO5/c1-16(2)35-28(34)17-8-7-9-18(14-17)30-26(32)24-23-19-10-3-5-12-21(19)29(15-31,25(24)27(30)33)22-13-6-4-11-20(22)23/h3-16,23-25H,1-2H3/t23?,24-,25-,29?/m0/s1. The van der Waals surface area contributed by atoms with E-state index in [0.717, 1.165) is 33.4 Å². The number of anilines is 1. The van der Waals surface area contributed by atoms with E-state index in [1.54, 1.807) is 32.0 Å². The van der Waals surface area contributed by atoms with Gasteiger partial charge in [0, 0.05) is 5.92 Å². The highest BCUT2D eigenvalue weighted by molar-refractivity contribution is 6.25. The maximum Gasteiger partial charge on any atom is 0.338 e. The van der Waals surface area contributed by atoms with Gasteiger partial charge in [-0.1, -0.05) is 54.6 Å². The van der Waals surface area contributed by atoms with Crippen LogP contribution < -0.4 is 4.90 Å². The Morgan fingerprint density at radius 3 is 2.14 bits per heavy atom. The van der Waals surface area contributed by atoms with E-state index in [1.165, 1.54) is 6.07 Å². The number of imide groups is 1. The zero-order valence-corrected chi connectivity index (χ0v) is 19.3.